The minimum atomic E-state index is 0. The molecule has 0 heterocycles. The molecule has 0 unspecified atom stereocenters. The summed E-state index contributed by atoms with van der Waals surface area (Å²) < 4.78 is 10.5. The van der Waals surface area contributed by atoms with Gasteiger partial charge in [-0.25, -0.2) is 0 Å². The van der Waals surface area contributed by atoms with Crippen LogP contribution in [0.3, 0.4) is 0 Å². The molecule has 1 rings (SSSR count). The second kappa shape index (κ2) is 7.15. The Hall–Kier alpha value is -1.18. The van der Waals surface area contributed by atoms with E-state index in [1.54, 1.807) is 25.3 Å². The largest absolute Gasteiger partial charge is 0.493 e. The van der Waals surface area contributed by atoms with Crippen molar-refractivity contribution in [2.75, 3.05) is 13.7 Å². The maximum Gasteiger partial charge on any atom is 0.162 e. The number of hydrogen-bond acceptors (Lipinski definition) is 3. The van der Waals surface area contributed by atoms with Crippen LogP contribution < -0.4 is 9.47 Å². The van der Waals surface area contributed by atoms with Crippen molar-refractivity contribution >= 4 is 0 Å². The van der Waals surface area contributed by atoms with Gasteiger partial charge >= 0.3 is 0 Å². The van der Waals surface area contributed by atoms with Gasteiger partial charge < -0.3 is 16.4 Å². The molecule has 0 saturated carbocycles. The molecule has 0 N–H and O–H groups in total. The molecule has 0 bridgehead atoms. The van der Waals surface area contributed by atoms with Crippen molar-refractivity contribution in [3.05, 3.63) is 30.7 Å². The molecule has 3 nitrogen and oxygen atoms in total. The van der Waals surface area contributed by atoms with Crippen LogP contribution in [0.4, 0.5) is 0 Å². The van der Waals surface area contributed by atoms with Gasteiger partial charge in [-0.1, -0.05) is 0 Å². The fourth-order valence-electron chi connectivity index (χ4n) is 1.04. The molecule has 0 atom stereocenters. The van der Waals surface area contributed by atoms with Crippen molar-refractivity contribution in [1.29, 1.82) is 5.26 Å². The van der Waals surface area contributed by atoms with Gasteiger partial charge in [-0.05, 0) is 12.1 Å². The van der Waals surface area contributed by atoms with E-state index in [0.29, 0.717) is 30.1 Å². The molecule has 0 fully saturated rings. The van der Waals surface area contributed by atoms with Gasteiger partial charge in [0.05, 0.1) is 25.3 Å². The van der Waals surface area contributed by atoms with Crippen LogP contribution in [0.15, 0.2) is 18.2 Å². The van der Waals surface area contributed by atoms with Gasteiger partial charge in [0.25, 0.3) is 0 Å². The van der Waals surface area contributed by atoms with E-state index >= 15 is 0 Å². The molecule has 4 heteroatoms. The minimum Gasteiger partial charge on any atom is -0.493 e. The van der Waals surface area contributed by atoms with Crippen molar-refractivity contribution in [2.24, 2.45) is 0 Å². The maximum absolute atomic E-state index is 8.69. The van der Waals surface area contributed by atoms with Gasteiger partial charge in [-0.3, -0.25) is 0 Å². The Balaban J connectivity index is 0.00000196. The van der Waals surface area contributed by atoms with Crippen LogP contribution in [0, 0.1) is 18.3 Å². The normalized spacial score (nSPS) is 8.60. The zero-order chi connectivity index (χ0) is 10.4. The van der Waals surface area contributed by atoms with Crippen LogP contribution in [0.25, 0.3) is 0 Å². The molecule has 0 aliphatic carbocycles. The van der Waals surface area contributed by atoms with Gasteiger partial charge in [0, 0.05) is 22.8 Å². The first kappa shape index (κ1) is 13.8. The van der Waals surface area contributed by atoms with Gasteiger partial charge in [-0.2, -0.15) is 5.26 Å². The van der Waals surface area contributed by atoms with Crippen molar-refractivity contribution in [3.63, 3.8) is 0 Å². The third-order valence-corrected chi connectivity index (χ3v) is 1.69. The zero-order valence-electron chi connectivity index (χ0n) is 8.45. The van der Waals surface area contributed by atoms with Gasteiger partial charge in [0.15, 0.2) is 11.5 Å². The van der Waals surface area contributed by atoms with E-state index in [0.717, 1.165) is 0 Å². The third kappa shape index (κ3) is 3.82. The second-order valence-electron chi connectivity index (χ2n) is 2.68. The van der Waals surface area contributed by atoms with Crippen LogP contribution in [-0.2, 0) is 16.8 Å². The molecular formula is C11H12CoNO2-. The molecule has 0 aromatic heterocycles. The first-order valence-electron chi connectivity index (χ1n) is 4.32. The summed E-state index contributed by atoms with van der Waals surface area (Å²) in [7, 11) is 1.57. The molecule has 0 saturated heterocycles. The van der Waals surface area contributed by atoms with Crippen molar-refractivity contribution in [3.8, 4) is 17.6 Å². The van der Waals surface area contributed by atoms with E-state index in [2.05, 4.69) is 6.92 Å². The summed E-state index contributed by atoms with van der Waals surface area (Å²) >= 11 is 0. The Morgan fingerprint density at radius 3 is 2.67 bits per heavy atom. The number of nitrogens with zero attached hydrogens (tertiary/aromatic N) is 1. The average Bonchev–Trinajstić information content (AvgIpc) is 2.25. The monoisotopic (exact) mass is 249 g/mol. The summed E-state index contributed by atoms with van der Waals surface area (Å²) in [5, 5.41) is 8.69. The summed E-state index contributed by atoms with van der Waals surface area (Å²) in [5.74, 6) is 1.23. The summed E-state index contributed by atoms with van der Waals surface area (Å²) in [5.41, 5.74) is 0.560. The number of rotatable bonds is 4. The molecule has 15 heavy (non-hydrogen) atoms. The van der Waals surface area contributed by atoms with Crippen LogP contribution >= 0.6 is 0 Å². The zero-order valence-corrected chi connectivity index (χ0v) is 9.49. The van der Waals surface area contributed by atoms with E-state index in [1.807, 2.05) is 6.07 Å². The number of nitriles is 1. The quantitative estimate of drug-likeness (QED) is 0.768. The molecule has 0 amide bonds. The summed E-state index contributed by atoms with van der Waals surface area (Å²) in [4.78, 5) is 0. The van der Waals surface area contributed by atoms with Crippen LogP contribution in [-0.4, -0.2) is 13.7 Å². The molecule has 0 spiro atoms. The first-order valence-corrected chi connectivity index (χ1v) is 4.32. The van der Waals surface area contributed by atoms with E-state index < -0.39 is 0 Å². The van der Waals surface area contributed by atoms with Gasteiger partial charge in [0.2, 0.25) is 0 Å². The van der Waals surface area contributed by atoms with Crippen LogP contribution in [0.5, 0.6) is 11.5 Å². The fraction of sp³-hybridized carbons (Fsp3) is 0.273. The summed E-state index contributed by atoms with van der Waals surface area (Å²) in [6.07, 6.45) is 0.680. The predicted octanol–water partition coefficient (Wildman–Crippen LogP) is 2.17. The van der Waals surface area contributed by atoms with Crippen molar-refractivity contribution in [1.82, 2.24) is 0 Å². The van der Waals surface area contributed by atoms with E-state index in [4.69, 9.17) is 14.7 Å². The van der Waals surface area contributed by atoms with Gasteiger partial charge in [0.1, 0.15) is 0 Å². The molecule has 1 aromatic carbocycles. The van der Waals surface area contributed by atoms with Gasteiger partial charge in [-0.15, -0.1) is 6.42 Å². The Kier molecular flexibility index (Phi) is 6.59. The summed E-state index contributed by atoms with van der Waals surface area (Å²) in [6.45, 7) is 4.19. The second-order valence-corrected chi connectivity index (χ2v) is 2.68. The van der Waals surface area contributed by atoms with Crippen molar-refractivity contribution < 1.29 is 26.3 Å². The number of ether oxygens (including phenoxy) is 2. The van der Waals surface area contributed by atoms with E-state index in [1.165, 1.54) is 0 Å². The van der Waals surface area contributed by atoms with E-state index in [9.17, 15) is 0 Å². The number of methoxy groups -OCH3 is 1. The minimum absolute atomic E-state index is 0. The molecule has 0 aliphatic rings. The fourth-order valence-corrected chi connectivity index (χ4v) is 1.04. The smallest absolute Gasteiger partial charge is 0.162 e. The molecule has 0 aliphatic heterocycles. The third-order valence-electron chi connectivity index (χ3n) is 1.69. The maximum atomic E-state index is 8.69. The van der Waals surface area contributed by atoms with E-state index in [-0.39, 0.29) is 16.8 Å². The number of benzene rings is 1. The standard InChI is InChI=1S/C11H12NO2.Co/c1-3-6-14-11-7-9(8-12)4-5-10(11)13-2;/h4-5,7H,1,3,6H2,2H3;/q-1;. The van der Waals surface area contributed by atoms with Crippen LogP contribution in [0.2, 0.25) is 0 Å². The van der Waals surface area contributed by atoms with Crippen LogP contribution in [0.1, 0.15) is 12.0 Å². The molecule has 1 aromatic rings. The Labute approximate surface area is 100 Å². The Morgan fingerprint density at radius 1 is 1.40 bits per heavy atom. The first-order chi connectivity index (χ1) is 6.81. The predicted molar refractivity (Wildman–Crippen MR) is 53.2 cm³/mol. The molecular weight excluding hydrogens is 237 g/mol. The SMILES string of the molecule is [CH2-]CCOc1cc(C#N)ccc1OC.[Co]. The molecule has 83 valence electrons. The molecule has 1 radical (unpaired) electrons. The number of hydrogen-bond donors (Lipinski definition) is 0. The Morgan fingerprint density at radius 2 is 2.13 bits per heavy atom. The average molecular weight is 249 g/mol. The topological polar surface area (TPSA) is 42.2 Å². The van der Waals surface area contributed by atoms with Crippen molar-refractivity contribution in [2.45, 2.75) is 6.42 Å². The summed E-state index contributed by atoms with van der Waals surface area (Å²) in [6, 6.07) is 7.11. The Bertz CT molecular complexity index is 347.